The van der Waals surface area contributed by atoms with Gasteiger partial charge in [0.2, 0.25) is 0 Å². The van der Waals surface area contributed by atoms with Crippen LogP contribution in [0.2, 0.25) is 0 Å². The predicted molar refractivity (Wildman–Crippen MR) is 69.8 cm³/mol. The first-order chi connectivity index (χ1) is 9.10. The first-order valence-electron chi connectivity index (χ1n) is 6.15. The molecule has 1 N–H and O–H groups in total. The lowest BCUT2D eigenvalue weighted by Crippen LogP contribution is -2.33. The Bertz CT molecular complexity index is 746. The number of imidazole rings is 1. The third-order valence-electron chi connectivity index (χ3n) is 3.09. The van der Waals surface area contributed by atoms with Gasteiger partial charge in [-0.15, -0.1) is 0 Å². The van der Waals surface area contributed by atoms with Crippen LogP contribution in [0.25, 0.3) is 11.2 Å². The van der Waals surface area contributed by atoms with E-state index in [9.17, 15) is 14.9 Å². The van der Waals surface area contributed by atoms with Crippen molar-refractivity contribution in [3.8, 4) is 6.07 Å². The molecule has 1 atom stereocenters. The van der Waals surface area contributed by atoms with E-state index in [1.165, 1.54) is 10.9 Å². The SMILES string of the molecule is CCCCC(C#N)n1c(=O)[nH]c(=O)c2c1ncn2C. The zero-order valence-corrected chi connectivity index (χ0v) is 10.9. The number of H-pyrrole nitrogens is 1. The van der Waals surface area contributed by atoms with Crippen LogP contribution in [-0.4, -0.2) is 19.1 Å². The van der Waals surface area contributed by atoms with E-state index in [1.54, 1.807) is 11.6 Å². The Morgan fingerprint density at radius 1 is 1.53 bits per heavy atom. The van der Waals surface area contributed by atoms with Gasteiger partial charge >= 0.3 is 5.69 Å². The number of unbranched alkanes of at least 4 members (excludes halogenated alkanes) is 1. The van der Waals surface area contributed by atoms with Crippen molar-refractivity contribution in [2.45, 2.75) is 32.2 Å². The van der Waals surface area contributed by atoms with Crippen LogP contribution < -0.4 is 11.2 Å². The Morgan fingerprint density at radius 2 is 2.26 bits per heavy atom. The van der Waals surface area contributed by atoms with Gasteiger partial charge < -0.3 is 4.57 Å². The predicted octanol–water partition coefficient (Wildman–Crippen LogP) is 0.678. The maximum atomic E-state index is 11.9. The molecule has 19 heavy (non-hydrogen) atoms. The van der Waals surface area contributed by atoms with Gasteiger partial charge in [0.15, 0.2) is 11.2 Å². The third kappa shape index (κ3) is 2.17. The number of nitriles is 1. The fourth-order valence-electron chi connectivity index (χ4n) is 2.11. The average molecular weight is 261 g/mol. The van der Waals surface area contributed by atoms with Gasteiger partial charge in [-0.2, -0.15) is 5.26 Å². The minimum Gasteiger partial charge on any atom is -0.328 e. The highest BCUT2D eigenvalue weighted by atomic mass is 16.2. The van der Waals surface area contributed by atoms with Crippen LogP contribution in [0.4, 0.5) is 0 Å². The molecule has 0 saturated carbocycles. The average Bonchev–Trinajstić information content (AvgIpc) is 2.75. The van der Waals surface area contributed by atoms with Gasteiger partial charge in [0.25, 0.3) is 5.56 Å². The van der Waals surface area contributed by atoms with Crippen LogP contribution >= 0.6 is 0 Å². The molecule has 7 heteroatoms. The van der Waals surface area contributed by atoms with Gasteiger partial charge in [-0.1, -0.05) is 19.8 Å². The first kappa shape index (κ1) is 13.1. The fourth-order valence-corrected chi connectivity index (χ4v) is 2.11. The van der Waals surface area contributed by atoms with Crippen LogP contribution in [0.3, 0.4) is 0 Å². The van der Waals surface area contributed by atoms with Gasteiger partial charge in [0, 0.05) is 7.05 Å². The molecule has 0 radical (unpaired) electrons. The van der Waals surface area contributed by atoms with Crippen LogP contribution in [-0.2, 0) is 7.05 Å². The molecule has 2 heterocycles. The number of nitrogens with one attached hydrogen (secondary N) is 1. The van der Waals surface area contributed by atoms with Crippen molar-refractivity contribution in [3.05, 3.63) is 27.2 Å². The second-order valence-corrected chi connectivity index (χ2v) is 4.44. The minimum atomic E-state index is -0.610. The summed E-state index contributed by atoms with van der Waals surface area (Å²) >= 11 is 0. The first-order valence-corrected chi connectivity index (χ1v) is 6.15. The van der Waals surface area contributed by atoms with E-state index in [0.29, 0.717) is 11.9 Å². The molecular formula is C12H15N5O2. The van der Waals surface area contributed by atoms with E-state index < -0.39 is 17.3 Å². The lowest BCUT2D eigenvalue weighted by atomic mass is 10.1. The second kappa shape index (κ2) is 5.10. The summed E-state index contributed by atoms with van der Waals surface area (Å²) in [4.78, 5) is 30.0. The van der Waals surface area contributed by atoms with Crippen molar-refractivity contribution in [2.24, 2.45) is 7.05 Å². The number of aromatic amines is 1. The Kier molecular flexibility index (Phi) is 3.51. The number of aromatic nitrogens is 4. The molecule has 7 nitrogen and oxygen atoms in total. The summed E-state index contributed by atoms with van der Waals surface area (Å²) in [7, 11) is 1.67. The molecular weight excluding hydrogens is 246 g/mol. The maximum absolute atomic E-state index is 11.9. The van der Waals surface area contributed by atoms with Crippen LogP contribution in [0.15, 0.2) is 15.9 Å². The number of hydrogen-bond donors (Lipinski definition) is 1. The van der Waals surface area contributed by atoms with Gasteiger partial charge in [-0.25, -0.2) is 9.78 Å². The lowest BCUT2D eigenvalue weighted by molar-refractivity contribution is 0.528. The van der Waals surface area contributed by atoms with Crippen LogP contribution in [0.5, 0.6) is 0 Å². The summed E-state index contributed by atoms with van der Waals surface area (Å²) in [6.45, 7) is 2.01. The molecule has 0 aliphatic rings. The van der Waals surface area contributed by atoms with E-state index in [4.69, 9.17) is 0 Å². The number of hydrogen-bond acceptors (Lipinski definition) is 4. The van der Waals surface area contributed by atoms with Gasteiger partial charge in [0.1, 0.15) is 6.04 Å². The second-order valence-electron chi connectivity index (χ2n) is 4.44. The van der Waals surface area contributed by atoms with E-state index in [1.807, 2.05) is 6.92 Å². The number of aryl methyl sites for hydroxylation is 1. The summed E-state index contributed by atoms with van der Waals surface area (Å²) in [5.41, 5.74) is -0.502. The lowest BCUT2D eigenvalue weighted by Gasteiger charge is -2.12. The molecule has 0 amide bonds. The quantitative estimate of drug-likeness (QED) is 0.875. The minimum absolute atomic E-state index is 0.263. The van der Waals surface area contributed by atoms with E-state index in [-0.39, 0.29) is 5.65 Å². The topological polar surface area (TPSA) is 96.5 Å². The van der Waals surface area contributed by atoms with Crippen LogP contribution in [0, 0.1) is 11.3 Å². The van der Waals surface area contributed by atoms with Crippen molar-refractivity contribution >= 4 is 11.2 Å². The summed E-state index contributed by atoms with van der Waals surface area (Å²) in [6.07, 6.45) is 3.79. The molecule has 100 valence electrons. The summed E-state index contributed by atoms with van der Waals surface area (Å²) in [5.74, 6) is 0. The molecule has 2 rings (SSSR count). The molecule has 0 aromatic carbocycles. The van der Waals surface area contributed by atoms with Crippen molar-refractivity contribution in [3.63, 3.8) is 0 Å². The highest BCUT2D eigenvalue weighted by Crippen LogP contribution is 2.16. The zero-order valence-electron chi connectivity index (χ0n) is 10.9. The largest absolute Gasteiger partial charge is 0.331 e. The molecule has 1 unspecified atom stereocenters. The number of nitrogens with zero attached hydrogens (tertiary/aromatic N) is 4. The Balaban J connectivity index is 2.69. The summed E-state index contributed by atoms with van der Waals surface area (Å²) < 4.78 is 2.81. The number of rotatable bonds is 4. The van der Waals surface area contributed by atoms with Crippen molar-refractivity contribution in [1.29, 1.82) is 5.26 Å². The van der Waals surface area contributed by atoms with E-state index in [0.717, 1.165) is 12.8 Å². The molecule has 2 aromatic rings. The standard InChI is InChI=1S/C12H15N5O2/c1-3-4-5-8(6-13)17-10-9(16(2)7-14-10)11(18)15-12(17)19/h7-8H,3-5H2,1-2H3,(H,15,18,19). The Morgan fingerprint density at radius 3 is 2.89 bits per heavy atom. The normalized spacial score (nSPS) is 12.5. The molecule has 0 aliphatic heterocycles. The van der Waals surface area contributed by atoms with Gasteiger partial charge in [0.05, 0.1) is 12.4 Å². The summed E-state index contributed by atoms with van der Waals surface area (Å²) in [6, 6.07) is 1.50. The number of fused-ring (bicyclic) bond motifs is 1. The molecule has 0 bridgehead atoms. The highest BCUT2D eigenvalue weighted by molar-refractivity contribution is 5.70. The fraction of sp³-hybridized carbons (Fsp3) is 0.500. The summed E-state index contributed by atoms with van der Waals surface area (Å²) in [5, 5.41) is 9.23. The highest BCUT2D eigenvalue weighted by Gasteiger charge is 2.18. The molecule has 0 aliphatic carbocycles. The molecule has 2 aromatic heterocycles. The van der Waals surface area contributed by atoms with Crippen LogP contribution in [0.1, 0.15) is 32.2 Å². The maximum Gasteiger partial charge on any atom is 0.331 e. The Hall–Kier alpha value is -2.36. The monoisotopic (exact) mass is 261 g/mol. The zero-order chi connectivity index (χ0) is 14.0. The Labute approximate surface area is 109 Å². The van der Waals surface area contributed by atoms with Crippen molar-refractivity contribution in [1.82, 2.24) is 19.1 Å². The van der Waals surface area contributed by atoms with E-state index >= 15 is 0 Å². The third-order valence-corrected chi connectivity index (χ3v) is 3.09. The van der Waals surface area contributed by atoms with E-state index in [2.05, 4.69) is 16.0 Å². The smallest absolute Gasteiger partial charge is 0.328 e. The van der Waals surface area contributed by atoms with Crippen molar-refractivity contribution in [2.75, 3.05) is 0 Å². The molecule has 0 saturated heterocycles. The van der Waals surface area contributed by atoms with Crippen molar-refractivity contribution < 1.29 is 0 Å². The molecule has 0 spiro atoms. The van der Waals surface area contributed by atoms with Gasteiger partial charge in [-0.05, 0) is 6.42 Å². The van der Waals surface area contributed by atoms with Gasteiger partial charge in [-0.3, -0.25) is 14.3 Å². The molecule has 0 fully saturated rings.